The molecular weight excluding hydrogens is 283 g/mol. The lowest BCUT2D eigenvalue weighted by atomic mass is 10.0. The van der Waals surface area contributed by atoms with Gasteiger partial charge in [0.25, 0.3) is 0 Å². The van der Waals surface area contributed by atoms with E-state index in [1.54, 1.807) is 0 Å². The van der Waals surface area contributed by atoms with Gasteiger partial charge in [-0.3, -0.25) is 4.57 Å². The molecule has 1 aromatic heterocycles. The molecule has 3 atom stereocenters. The summed E-state index contributed by atoms with van der Waals surface area (Å²) in [5.74, 6) is -1.72. The van der Waals surface area contributed by atoms with Crippen LogP contribution in [0.25, 0.3) is 0 Å². The van der Waals surface area contributed by atoms with Crippen molar-refractivity contribution in [3.8, 4) is 0 Å². The van der Waals surface area contributed by atoms with Crippen molar-refractivity contribution in [3.63, 3.8) is 0 Å². The number of nitrogens with zero attached hydrogens (tertiary/aromatic N) is 2. The highest BCUT2D eigenvalue weighted by Crippen LogP contribution is 2.51. The van der Waals surface area contributed by atoms with Gasteiger partial charge in [-0.05, 0) is 12.5 Å². The number of aliphatic hydroxyl groups is 1. The quantitative estimate of drug-likeness (QED) is 0.850. The van der Waals surface area contributed by atoms with Crippen LogP contribution in [-0.4, -0.2) is 32.7 Å². The molecule has 0 saturated carbocycles. The van der Waals surface area contributed by atoms with Crippen molar-refractivity contribution in [2.75, 3.05) is 12.3 Å². The first-order valence-electron chi connectivity index (χ1n) is 5.50. The van der Waals surface area contributed by atoms with E-state index in [-0.39, 0.29) is 18.8 Å². The normalized spacial score (nSPS) is 27.7. The lowest BCUT2D eigenvalue weighted by Crippen LogP contribution is -2.33. The topological polar surface area (TPSA) is 81.1 Å². The fourth-order valence-corrected chi connectivity index (χ4v) is 3.58. The highest BCUT2D eigenvalue weighted by atomic mass is 32.2. The molecule has 2 heterocycles. The average molecular weight is 295 g/mol. The summed E-state index contributed by atoms with van der Waals surface area (Å²) < 4.78 is 39.8. The maximum Gasteiger partial charge on any atom is 0.394 e. The summed E-state index contributed by atoms with van der Waals surface area (Å²) in [6.45, 7) is -0.356. The summed E-state index contributed by atoms with van der Waals surface area (Å²) in [6, 6.07) is 1.28. The maximum atomic E-state index is 13.0. The summed E-state index contributed by atoms with van der Waals surface area (Å²) in [6.07, 6.45) is -3.44. The minimum atomic E-state index is -4.43. The van der Waals surface area contributed by atoms with E-state index < -0.39 is 28.4 Å². The van der Waals surface area contributed by atoms with Crippen molar-refractivity contribution in [1.82, 2.24) is 9.55 Å². The predicted molar refractivity (Wildman–Crippen MR) is 64.6 cm³/mol. The summed E-state index contributed by atoms with van der Waals surface area (Å²) in [7, 11) is 0. The van der Waals surface area contributed by atoms with Crippen LogP contribution < -0.4 is 11.4 Å². The number of alkyl halides is 3. The monoisotopic (exact) mass is 295 g/mol. The molecule has 5 nitrogen and oxygen atoms in total. The van der Waals surface area contributed by atoms with Crippen LogP contribution in [0.5, 0.6) is 0 Å². The van der Waals surface area contributed by atoms with E-state index in [9.17, 15) is 18.0 Å². The Balaban J connectivity index is 2.38. The van der Waals surface area contributed by atoms with E-state index in [0.717, 1.165) is 16.3 Å². The molecular formula is C10H12F3N3O2S. The Morgan fingerprint density at radius 3 is 2.79 bits per heavy atom. The molecule has 0 aliphatic carbocycles. The summed E-state index contributed by atoms with van der Waals surface area (Å²) >= 11 is 0.931. The van der Waals surface area contributed by atoms with Crippen molar-refractivity contribution < 1.29 is 18.3 Å². The van der Waals surface area contributed by atoms with E-state index in [2.05, 4.69) is 4.98 Å². The van der Waals surface area contributed by atoms with Gasteiger partial charge in [0.2, 0.25) is 0 Å². The third-order valence-corrected chi connectivity index (χ3v) is 4.50. The molecule has 1 aliphatic rings. The number of anilines is 1. The maximum absolute atomic E-state index is 13.0. The Bertz CT molecular complexity index is 519. The SMILES string of the molecule is Nc1ccn([C@H]2S[C@@H](CO)C[C@@H]2C(F)(F)F)c(=O)n1. The van der Waals surface area contributed by atoms with Crippen molar-refractivity contribution in [2.24, 2.45) is 5.92 Å². The van der Waals surface area contributed by atoms with Gasteiger partial charge in [-0.15, -0.1) is 11.8 Å². The molecule has 1 saturated heterocycles. The molecule has 0 bridgehead atoms. The molecule has 0 aromatic carbocycles. The fourth-order valence-electron chi connectivity index (χ4n) is 2.04. The van der Waals surface area contributed by atoms with Gasteiger partial charge >= 0.3 is 11.9 Å². The van der Waals surface area contributed by atoms with Crippen LogP contribution in [0.3, 0.4) is 0 Å². The molecule has 2 rings (SSSR count). The van der Waals surface area contributed by atoms with Gasteiger partial charge in [0, 0.05) is 11.4 Å². The van der Waals surface area contributed by atoms with E-state index in [4.69, 9.17) is 10.8 Å². The van der Waals surface area contributed by atoms with Crippen molar-refractivity contribution >= 4 is 17.6 Å². The molecule has 0 radical (unpaired) electrons. The van der Waals surface area contributed by atoms with E-state index in [1.165, 1.54) is 12.3 Å². The molecule has 3 N–H and O–H groups in total. The second kappa shape index (κ2) is 5.04. The molecule has 1 aliphatic heterocycles. The second-order valence-corrected chi connectivity index (χ2v) is 5.68. The number of nitrogens with two attached hydrogens (primary N) is 1. The van der Waals surface area contributed by atoms with Crippen LogP contribution in [-0.2, 0) is 0 Å². The van der Waals surface area contributed by atoms with Crippen LogP contribution >= 0.6 is 11.8 Å². The van der Waals surface area contributed by atoms with Crippen molar-refractivity contribution in [2.45, 2.75) is 23.2 Å². The Morgan fingerprint density at radius 1 is 1.58 bits per heavy atom. The Labute approximate surface area is 110 Å². The van der Waals surface area contributed by atoms with Crippen LogP contribution in [0, 0.1) is 5.92 Å². The molecule has 1 fully saturated rings. The number of hydrogen-bond donors (Lipinski definition) is 2. The first kappa shape index (κ1) is 14.2. The molecule has 106 valence electrons. The molecule has 0 amide bonds. The molecule has 9 heteroatoms. The number of aromatic nitrogens is 2. The highest BCUT2D eigenvalue weighted by molar-refractivity contribution is 8.00. The molecule has 0 unspecified atom stereocenters. The zero-order valence-electron chi connectivity index (χ0n) is 9.67. The van der Waals surface area contributed by atoms with Gasteiger partial charge in [0.05, 0.1) is 17.9 Å². The van der Waals surface area contributed by atoms with Gasteiger partial charge in [-0.2, -0.15) is 18.2 Å². The summed E-state index contributed by atoms with van der Waals surface area (Å²) in [4.78, 5) is 15.1. The van der Waals surface area contributed by atoms with E-state index >= 15 is 0 Å². The number of nitrogen functional groups attached to an aromatic ring is 1. The van der Waals surface area contributed by atoms with Gasteiger partial charge in [-0.25, -0.2) is 4.79 Å². The molecule has 19 heavy (non-hydrogen) atoms. The number of rotatable bonds is 2. The van der Waals surface area contributed by atoms with Crippen LogP contribution in [0.4, 0.5) is 19.0 Å². The Hall–Kier alpha value is -1.22. The summed E-state index contributed by atoms with van der Waals surface area (Å²) in [5.41, 5.74) is 4.49. The number of thioether (sulfide) groups is 1. The van der Waals surface area contributed by atoms with Crippen molar-refractivity contribution in [3.05, 3.63) is 22.7 Å². The zero-order valence-corrected chi connectivity index (χ0v) is 10.5. The van der Waals surface area contributed by atoms with Crippen LogP contribution in [0.1, 0.15) is 11.8 Å². The lowest BCUT2D eigenvalue weighted by molar-refractivity contribution is -0.178. The third-order valence-electron chi connectivity index (χ3n) is 2.94. The first-order valence-corrected chi connectivity index (χ1v) is 6.45. The molecule has 1 aromatic rings. The van der Waals surface area contributed by atoms with Crippen molar-refractivity contribution in [1.29, 1.82) is 0 Å². The standard InChI is InChI=1S/C10H12F3N3O2S/c11-10(12,13)6-3-5(4-17)19-8(6)16-2-1-7(14)15-9(16)18/h1-2,5-6,8,17H,3-4H2,(H2,14,15,18)/t5-,6+,8+/m1/s1. The number of halogens is 3. The third kappa shape index (κ3) is 2.86. The second-order valence-electron chi connectivity index (χ2n) is 4.26. The highest BCUT2D eigenvalue weighted by Gasteiger charge is 2.51. The van der Waals surface area contributed by atoms with E-state index in [0.29, 0.717) is 0 Å². The summed E-state index contributed by atoms with van der Waals surface area (Å²) in [5, 5.41) is 7.36. The Morgan fingerprint density at radius 2 is 2.26 bits per heavy atom. The van der Waals surface area contributed by atoms with Gasteiger partial charge < -0.3 is 10.8 Å². The lowest BCUT2D eigenvalue weighted by Gasteiger charge is -2.22. The predicted octanol–water partition coefficient (Wildman–Crippen LogP) is 1.00. The first-order chi connectivity index (χ1) is 8.82. The molecule has 0 spiro atoms. The minimum absolute atomic E-state index is 0.0356. The minimum Gasteiger partial charge on any atom is -0.395 e. The van der Waals surface area contributed by atoms with Gasteiger partial charge in [-0.1, -0.05) is 0 Å². The largest absolute Gasteiger partial charge is 0.395 e. The van der Waals surface area contributed by atoms with Crippen LogP contribution in [0.2, 0.25) is 0 Å². The van der Waals surface area contributed by atoms with E-state index in [1.807, 2.05) is 0 Å². The number of aliphatic hydroxyl groups excluding tert-OH is 1. The zero-order chi connectivity index (χ0) is 14.2. The Kier molecular flexibility index (Phi) is 3.77. The fraction of sp³-hybridized carbons (Fsp3) is 0.600. The smallest absolute Gasteiger partial charge is 0.394 e. The van der Waals surface area contributed by atoms with Gasteiger partial charge in [0.1, 0.15) is 5.82 Å². The van der Waals surface area contributed by atoms with Gasteiger partial charge in [0.15, 0.2) is 0 Å². The number of hydrogen-bond acceptors (Lipinski definition) is 5. The average Bonchev–Trinajstić information content (AvgIpc) is 2.72. The van der Waals surface area contributed by atoms with Crippen LogP contribution in [0.15, 0.2) is 17.1 Å².